The molecule has 7 heteroatoms. The van der Waals surface area contributed by atoms with Gasteiger partial charge in [0.25, 0.3) is 5.69 Å². The molecular formula is C13H13BrN4O2. The van der Waals surface area contributed by atoms with Crippen LogP contribution in [0.1, 0.15) is 12.6 Å². The van der Waals surface area contributed by atoms with E-state index in [0.29, 0.717) is 11.6 Å². The summed E-state index contributed by atoms with van der Waals surface area (Å²) in [4.78, 5) is 19.1. The van der Waals surface area contributed by atoms with Crippen molar-refractivity contribution in [1.82, 2.24) is 9.97 Å². The Labute approximate surface area is 124 Å². The standard InChI is InChI=1S/C13H13BrN4O2/c1-3-10-11(14)13(15-2)17-12(16-10)8-4-6-9(7-5-8)18(19)20/h4-7H,3H2,1-2H3,(H,15,16,17). The number of halogens is 1. The molecule has 1 N–H and O–H groups in total. The molecule has 0 spiro atoms. The fourth-order valence-electron chi connectivity index (χ4n) is 1.75. The minimum Gasteiger partial charge on any atom is -0.372 e. The van der Waals surface area contributed by atoms with Crippen molar-refractivity contribution in [3.63, 3.8) is 0 Å². The van der Waals surface area contributed by atoms with Crippen molar-refractivity contribution in [2.24, 2.45) is 0 Å². The van der Waals surface area contributed by atoms with Gasteiger partial charge in [-0.3, -0.25) is 10.1 Å². The number of hydrogen-bond donors (Lipinski definition) is 1. The van der Waals surface area contributed by atoms with Gasteiger partial charge in [0.2, 0.25) is 0 Å². The van der Waals surface area contributed by atoms with Gasteiger partial charge in [0, 0.05) is 24.7 Å². The van der Waals surface area contributed by atoms with E-state index in [9.17, 15) is 10.1 Å². The molecule has 0 unspecified atom stereocenters. The van der Waals surface area contributed by atoms with Crippen LogP contribution in [-0.2, 0) is 6.42 Å². The molecular weight excluding hydrogens is 324 g/mol. The number of nitro groups is 1. The number of hydrogen-bond acceptors (Lipinski definition) is 5. The fourth-order valence-corrected chi connectivity index (χ4v) is 2.41. The molecule has 0 aliphatic heterocycles. The van der Waals surface area contributed by atoms with Crippen LogP contribution in [-0.4, -0.2) is 21.9 Å². The van der Waals surface area contributed by atoms with Gasteiger partial charge in [0.15, 0.2) is 5.82 Å². The molecule has 0 bridgehead atoms. The van der Waals surface area contributed by atoms with Crippen molar-refractivity contribution in [2.45, 2.75) is 13.3 Å². The van der Waals surface area contributed by atoms with Gasteiger partial charge in [0.05, 0.1) is 15.1 Å². The number of nitro benzene ring substituents is 1. The molecule has 0 aliphatic rings. The third kappa shape index (κ3) is 2.77. The Bertz CT molecular complexity index is 618. The van der Waals surface area contributed by atoms with Gasteiger partial charge in [-0.15, -0.1) is 0 Å². The highest BCUT2D eigenvalue weighted by Crippen LogP contribution is 2.28. The van der Waals surface area contributed by atoms with Crippen LogP contribution in [0.4, 0.5) is 11.5 Å². The van der Waals surface area contributed by atoms with E-state index in [2.05, 4.69) is 31.2 Å². The molecule has 0 fully saturated rings. The summed E-state index contributed by atoms with van der Waals surface area (Å²) in [6, 6.07) is 6.21. The summed E-state index contributed by atoms with van der Waals surface area (Å²) in [7, 11) is 1.78. The number of nitrogens with one attached hydrogen (secondary N) is 1. The summed E-state index contributed by atoms with van der Waals surface area (Å²) in [5.74, 6) is 1.24. The highest BCUT2D eigenvalue weighted by molar-refractivity contribution is 9.10. The third-order valence-electron chi connectivity index (χ3n) is 2.83. The summed E-state index contributed by atoms with van der Waals surface area (Å²) in [5.41, 5.74) is 1.68. The number of aryl methyl sites for hydroxylation is 1. The lowest BCUT2D eigenvalue weighted by Gasteiger charge is -2.10. The maximum atomic E-state index is 10.7. The van der Waals surface area contributed by atoms with Crippen molar-refractivity contribution in [3.8, 4) is 11.4 Å². The minimum atomic E-state index is -0.428. The molecule has 1 heterocycles. The Morgan fingerprint density at radius 2 is 1.95 bits per heavy atom. The van der Waals surface area contributed by atoms with E-state index in [0.717, 1.165) is 22.2 Å². The third-order valence-corrected chi connectivity index (χ3v) is 3.66. The topological polar surface area (TPSA) is 81.0 Å². The zero-order valence-corrected chi connectivity index (χ0v) is 12.6. The summed E-state index contributed by atoms with van der Waals surface area (Å²) in [6.07, 6.45) is 0.762. The average molecular weight is 337 g/mol. The first-order valence-corrected chi connectivity index (χ1v) is 6.85. The van der Waals surface area contributed by atoms with E-state index in [4.69, 9.17) is 0 Å². The number of aromatic nitrogens is 2. The van der Waals surface area contributed by atoms with Crippen LogP contribution in [0.3, 0.4) is 0 Å². The van der Waals surface area contributed by atoms with Crippen LogP contribution in [0.2, 0.25) is 0 Å². The molecule has 6 nitrogen and oxygen atoms in total. The molecule has 0 atom stereocenters. The highest BCUT2D eigenvalue weighted by atomic mass is 79.9. The second-order valence-corrected chi connectivity index (χ2v) is 4.86. The monoisotopic (exact) mass is 336 g/mol. The number of non-ortho nitro benzene ring substituents is 1. The van der Waals surface area contributed by atoms with Gasteiger partial charge in [-0.05, 0) is 34.5 Å². The first-order chi connectivity index (χ1) is 9.56. The lowest BCUT2D eigenvalue weighted by Crippen LogP contribution is -2.02. The molecule has 0 saturated heterocycles. The highest BCUT2D eigenvalue weighted by Gasteiger charge is 2.12. The largest absolute Gasteiger partial charge is 0.372 e. The Morgan fingerprint density at radius 3 is 2.45 bits per heavy atom. The predicted octanol–water partition coefficient (Wildman–Crippen LogP) is 3.42. The maximum Gasteiger partial charge on any atom is 0.269 e. The Hall–Kier alpha value is -2.02. The number of benzene rings is 1. The second kappa shape index (κ2) is 5.96. The van der Waals surface area contributed by atoms with E-state index < -0.39 is 4.92 Å². The molecule has 20 heavy (non-hydrogen) atoms. The molecule has 1 aromatic heterocycles. The summed E-state index contributed by atoms with van der Waals surface area (Å²) < 4.78 is 0.841. The number of anilines is 1. The normalized spacial score (nSPS) is 10.3. The lowest BCUT2D eigenvalue weighted by atomic mass is 10.2. The van der Waals surface area contributed by atoms with Crippen LogP contribution in [0.25, 0.3) is 11.4 Å². The summed E-state index contributed by atoms with van der Waals surface area (Å²) in [5, 5.41) is 13.7. The minimum absolute atomic E-state index is 0.0513. The van der Waals surface area contributed by atoms with Crippen LogP contribution in [0.5, 0.6) is 0 Å². The SMILES string of the molecule is CCc1nc(-c2ccc([N+](=O)[O-])cc2)nc(NC)c1Br. The molecule has 104 valence electrons. The van der Waals surface area contributed by atoms with E-state index >= 15 is 0 Å². The van der Waals surface area contributed by atoms with E-state index in [1.807, 2.05) is 6.92 Å². The number of rotatable bonds is 4. The van der Waals surface area contributed by atoms with Gasteiger partial charge in [-0.1, -0.05) is 6.92 Å². The van der Waals surface area contributed by atoms with E-state index in [-0.39, 0.29) is 5.69 Å². The Morgan fingerprint density at radius 1 is 1.30 bits per heavy atom. The quantitative estimate of drug-likeness (QED) is 0.683. The van der Waals surface area contributed by atoms with Crippen molar-refractivity contribution >= 4 is 27.4 Å². The average Bonchev–Trinajstić information content (AvgIpc) is 2.47. The number of nitrogens with zero attached hydrogens (tertiary/aromatic N) is 3. The predicted molar refractivity (Wildman–Crippen MR) is 80.7 cm³/mol. The molecule has 2 aromatic rings. The lowest BCUT2D eigenvalue weighted by molar-refractivity contribution is -0.384. The van der Waals surface area contributed by atoms with Gasteiger partial charge >= 0.3 is 0 Å². The summed E-state index contributed by atoms with van der Waals surface area (Å²) >= 11 is 3.46. The summed E-state index contributed by atoms with van der Waals surface area (Å²) in [6.45, 7) is 2.01. The smallest absolute Gasteiger partial charge is 0.269 e. The molecule has 1 aromatic carbocycles. The first kappa shape index (κ1) is 14.4. The van der Waals surface area contributed by atoms with E-state index in [1.165, 1.54) is 12.1 Å². The van der Waals surface area contributed by atoms with Crippen LogP contribution >= 0.6 is 15.9 Å². The van der Waals surface area contributed by atoms with Crippen molar-refractivity contribution in [2.75, 3.05) is 12.4 Å². The molecule has 0 radical (unpaired) electrons. The molecule has 0 amide bonds. The molecule has 0 aliphatic carbocycles. The van der Waals surface area contributed by atoms with Crippen LogP contribution < -0.4 is 5.32 Å². The van der Waals surface area contributed by atoms with Crippen LogP contribution in [0, 0.1) is 10.1 Å². The van der Waals surface area contributed by atoms with Gasteiger partial charge in [-0.2, -0.15) is 0 Å². The molecule has 2 rings (SSSR count). The Balaban J connectivity index is 2.49. The van der Waals surface area contributed by atoms with Crippen molar-refractivity contribution in [3.05, 3.63) is 44.5 Å². The van der Waals surface area contributed by atoms with Gasteiger partial charge in [0.1, 0.15) is 5.82 Å². The fraction of sp³-hybridized carbons (Fsp3) is 0.231. The van der Waals surface area contributed by atoms with E-state index in [1.54, 1.807) is 19.2 Å². The molecule has 0 saturated carbocycles. The van der Waals surface area contributed by atoms with Crippen molar-refractivity contribution in [1.29, 1.82) is 0 Å². The van der Waals surface area contributed by atoms with Gasteiger partial charge in [-0.25, -0.2) is 9.97 Å². The second-order valence-electron chi connectivity index (χ2n) is 4.06. The zero-order chi connectivity index (χ0) is 14.7. The zero-order valence-electron chi connectivity index (χ0n) is 11.1. The van der Waals surface area contributed by atoms with Crippen LogP contribution in [0.15, 0.2) is 28.7 Å². The van der Waals surface area contributed by atoms with Gasteiger partial charge < -0.3 is 5.32 Å². The maximum absolute atomic E-state index is 10.7. The van der Waals surface area contributed by atoms with Crippen molar-refractivity contribution < 1.29 is 4.92 Å². The first-order valence-electron chi connectivity index (χ1n) is 6.05. The Kier molecular flexibility index (Phi) is 4.29.